The molecule has 0 saturated heterocycles. The van der Waals surface area contributed by atoms with Crippen LogP contribution in [0.3, 0.4) is 0 Å². The Labute approximate surface area is 302 Å². The van der Waals surface area contributed by atoms with Crippen molar-refractivity contribution in [2.45, 2.75) is 84.0 Å². The Hall–Kier alpha value is -0.640. The summed E-state index contributed by atoms with van der Waals surface area (Å²) in [6, 6.07) is 0. The van der Waals surface area contributed by atoms with Gasteiger partial charge in [0.05, 0.1) is 126 Å². The highest BCUT2D eigenvalue weighted by molar-refractivity contribution is 6.17. The molecule has 0 atom stereocenters. The molecule has 0 aliphatic heterocycles. The normalized spacial score (nSPS) is 11.5. The summed E-state index contributed by atoms with van der Waals surface area (Å²) < 4.78 is 60.0. The summed E-state index contributed by atoms with van der Waals surface area (Å²) in [6.07, 6.45) is 13.3. The molecular formula is C36H71ClO12. The number of halogens is 1. The van der Waals surface area contributed by atoms with Crippen LogP contribution >= 0.6 is 11.6 Å². The minimum atomic E-state index is -0.139. The van der Waals surface area contributed by atoms with Crippen LogP contribution in [0.5, 0.6) is 0 Å². The molecule has 0 amide bonds. The molecule has 0 bridgehead atoms. The second-order valence-corrected chi connectivity index (χ2v) is 11.7. The van der Waals surface area contributed by atoms with E-state index in [4.69, 9.17) is 63.7 Å². The predicted octanol–water partition coefficient (Wildman–Crippen LogP) is 5.64. The van der Waals surface area contributed by atoms with Gasteiger partial charge in [-0.3, -0.25) is 4.79 Å². The van der Waals surface area contributed by atoms with E-state index in [2.05, 4.69) is 6.92 Å². The van der Waals surface area contributed by atoms with Crippen LogP contribution in [0.15, 0.2) is 0 Å². The standard InChI is InChI=1S/C36H71ClO12/c1-2-3-4-5-6-7-10-13-36(38)49-35-34-48-33-32-47-31-30-46-29-28-45-27-26-44-25-24-43-23-22-42-21-20-41-19-18-40-17-16-39-15-12-9-8-11-14-37/h2-35H2,1H3. The van der Waals surface area contributed by atoms with Gasteiger partial charge in [-0.2, -0.15) is 0 Å². The van der Waals surface area contributed by atoms with Crippen LogP contribution in [0.25, 0.3) is 0 Å². The zero-order chi connectivity index (χ0) is 35.4. The van der Waals surface area contributed by atoms with Crippen LogP contribution < -0.4 is 0 Å². The quantitative estimate of drug-likeness (QED) is 0.0439. The van der Waals surface area contributed by atoms with E-state index in [9.17, 15) is 4.79 Å². The molecule has 0 aromatic carbocycles. The number of esters is 1. The molecule has 0 unspecified atom stereocenters. The SMILES string of the molecule is CCCCCCCCCC(=O)OCCOCCOCCOCCOCCOCCOCCOCCOCCOCCOCCCCCCCl. The highest BCUT2D eigenvalue weighted by Crippen LogP contribution is 2.08. The van der Waals surface area contributed by atoms with E-state index >= 15 is 0 Å². The van der Waals surface area contributed by atoms with Crippen molar-refractivity contribution >= 4 is 17.6 Å². The third-order valence-corrected chi connectivity index (χ3v) is 7.26. The molecule has 0 aliphatic rings. The predicted molar refractivity (Wildman–Crippen MR) is 191 cm³/mol. The van der Waals surface area contributed by atoms with Gasteiger partial charge in [0.15, 0.2) is 0 Å². The van der Waals surface area contributed by atoms with E-state index < -0.39 is 0 Å². The maximum Gasteiger partial charge on any atom is 0.305 e. The first-order valence-corrected chi connectivity index (χ1v) is 19.3. The molecular weight excluding hydrogens is 660 g/mol. The summed E-state index contributed by atoms with van der Waals surface area (Å²) >= 11 is 5.66. The van der Waals surface area contributed by atoms with Gasteiger partial charge >= 0.3 is 5.97 Å². The summed E-state index contributed by atoms with van der Waals surface area (Å²) in [5.41, 5.74) is 0. The molecule has 0 aromatic rings. The van der Waals surface area contributed by atoms with Crippen LogP contribution in [0, 0.1) is 0 Å². The van der Waals surface area contributed by atoms with Gasteiger partial charge in [-0.05, 0) is 19.3 Å². The molecule has 0 radical (unpaired) electrons. The van der Waals surface area contributed by atoms with Gasteiger partial charge in [-0.25, -0.2) is 0 Å². The third kappa shape index (κ3) is 45.3. The van der Waals surface area contributed by atoms with E-state index in [0.29, 0.717) is 132 Å². The van der Waals surface area contributed by atoms with Crippen LogP contribution in [0.4, 0.5) is 0 Å². The first kappa shape index (κ1) is 48.4. The topological polar surface area (TPSA) is 119 Å². The van der Waals surface area contributed by atoms with Crippen molar-refractivity contribution in [1.82, 2.24) is 0 Å². The Bertz CT molecular complexity index is 621. The molecule has 13 heteroatoms. The highest BCUT2D eigenvalue weighted by atomic mass is 35.5. The molecule has 12 nitrogen and oxygen atoms in total. The lowest BCUT2D eigenvalue weighted by atomic mass is 10.1. The van der Waals surface area contributed by atoms with Crippen molar-refractivity contribution in [2.24, 2.45) is 0 Å². The van der Waals surface area contributed by atoms with Crippen LogP contribution in [-0.2, 0) is 56.9 Å². The van der Waals surface area contributed by atoms with Gasteiger partial charge in [0.25, 0.3) is 0 Å². The van der Waals surface area contributed by atoms with Crippen molar-refractivity contribution in [1.29, 1.82) is 0 Å². The monoisotopic (exact) mass is 730 g/mol. The number of unbranched alkanes of at least 4 members (excludes halogenated alkanes) is 9. The number of carbonyl (C=O) groups excluding carboxylic acids is 1. The fourth-order valence-electron chi connectivity index (χ4n) is 4.25. The Morgan fingerprint density at radius 1 is 0.347 bits per heavy atom. The molecule has 0 heterocycles. The van der Waals surface area contributed by atoms with Crippen molar-refractivity contribution in [3.05, 3.63) is 0 Å². The summed E-state index contributed by atoms with van der Waals surface area (Å²) in [5.74, 6) is 0.603. The molecule has 0 N–H and O–H groups in total. The zero-order valence-electron chi connectivity index (χ0n) is 30.8. The maximum absolute atomic E-state index is 11.7. The Kier molecular flexibility index (Phi) is 44.8. The van der Waals surface area contributed by atoms with E-state index in [1.54, 1.807) is 0 Å². The Morgan fingerprint density at radius 2 is 0.633 bits per heavy atom. The largest absolute Gasteiger partial charge is 0.463 e. The number of alkyl halides is 1. The van der Waals surface area contributed by atoms with E-state index in [-0.39, 0.29) is 12.6 Å². The molecule has 0 saturated carbocycles. The van der Waals surface area contributed by atoms with Crippen LogP contribution in [0.1, 0.15) is 84.0 Å². The summed E-state index contributed by atoms with van der Waals surface area (Å²) in [4.78, 5) is 11.7. The van der Waals surface area contributed by atoms with Crippen LogP contribution in [0.2, 0.25) is 0 Å². The van der Waals surface area contributed by atoms with Gasteiger partial charge in [0, 0.05) is 18.9 Å². The average molecular weight is 731 g/mol. The van der Waals surface area contributed by atoms with Crippen molar-refractivity contribution < 1.29 is 56.9 Å². The fourth-order valence-corrected chi connectivity index (χ4v) is 4.44. The van der Waals surface area contributed by atoms with Gasteiger partial charge in [-0.15, -0.1) is 11.6 Å². The Morgan fingerprint density at radius 3 is 1.00 bits per heavy atom. The number of ether oxygens (including phenoxy) is 11. The second kappa shape index (κ2) is 45.4. The molecule has 0 aromatic heterocycles. The van der Waals surface area contributed by atoms with E-state index in [1.165, 1.54) is 44.9 Å². The van der Waals surface area contributed by atoms with Crippen molar-refractivity contribution in [3.63, 3.8) is 0 Å². The molecule has 0 aliphatic carbocycles. The first-order chi connectivity index (χ1) is 24.3. The minimum absolute atomic E-state index is 0.139. The zero-order valence-corrected chi connectivity index (χ0v) is 31.6. The molecule has 0 fully saturated rings. The van der Waals surface area contributed by atoms with Crippen LogP contribution in [-0.4, -0.2) is 151 Å². The summed E-state index contributed by atoms with van der Waals surface area (Å²) in [6.45, 7) is 13.0. The molecule has 0 spiro atoms. The average Bonchev–Trinajstić information content (AvgIpc) is 3.11. The smallest absolute Gasteiger partial charge is 0.305 e. The number of hydrogen-bond donors (Lipinski definition) is 0. The van der Waals surface area contributed by atoms with Gasteiger partial charge in [0.2, 0.25) is 0 Å². The minimum Gasteiger partial charge on any atom is -0.463 e. The third-order valence-electron chi connectivity index (χ3n) is 7.00. The first-order valence-electron chi connectivity index (χ1n) is 18.8. The van der Waals surface area contributed by atoms with Crippen molar-refractivity contribution in [3.8, 4) is 0 Å². The van der Waals surface area contributed by atoms with Crippen molar-refractivity contribution in [2.75, 3.05) is 145 Å². The maximum atomic E-state index is 11.7. The molecule has 49 heavy (non-hydrogen) atoms. The van der Waals surface area contributed by atoms with E-state index in [1.807, 2.05) is 0 Å². The lowest BCUT2D eigenvalue weighted by Gasteiger charge is -2.09. The van der Waals surface area contributed by atoms with E-state index in [0.717, 1.165) is 38.2 Å². The number of rotatable bonds is 44. The van der Waals surface area contributed by atoms with Gasteiger partial charge in [-0.1, -0.05) is 58.3 Å². The second-order valence-electron chi connectivity index (χ2n) is 11.3. The number of carbonyl (C=O) groups is 1. The molecule has 294 valence electrons. The van der Waals surface area contributed by atoms with Gasteiger partial charge < -0.3 is 52.1 Å². The lowest BCUT2D eigenvalue weighted by Crippen LogP contribution is -2.15. The summed E-state index contributed by atoms with van der Waals surface area (Å²) in [7, 11) is 0. The van der Waals surface area contributed by atoms with Gasteiger partial charge in [0.1, 0.15) is 6.61 Å². The highest BCUT2D eigenvalue weighted by Gasteiger charge is 2.03. The number of hydrogen-bond acceptors (Lipinski definition) is 12. The lowest BCUT2D eigenvalue weighted by molar-refractivity contribution is -0.145. The summed E-state index contributed by atoms with van der Waals surface area (Å²) in [5, 5.41) is 0. The fraction of sp³-hybridized carbons (Fsp3) is 0.972. The Balaban J connectivity index is 3.09. The molecule has 0 rings (SSSR count).